The van der Waals surface area contributed by atoms with Crippen LogP contribution in [-0.2, 0) is 11.3 Å². The van der Waals surface area contributed by atoms with Gasteiger partial charge in [0.2, 0.25) is 5.91 Å². The molecule has 33 heavy (non-hydrogen) atoms. The molecule has 1 aliphatic carbocycles. The van der Waals surface area contributed by atoms with Gasteiger partial charge in [0.15, 0.2) is 11.7 Å². The van der Waals surface area contributed by atoms with Gasteiger partial charge in [-0.2, -0.15) is 0 Å². The van der Waals surface area contributed by atoms with Crippen LogP contribution in [0.4, 0.5) is 5.69 Å². The quantitative estimate of drug-likeness (QED) is 0.329. The summed E-state index contributed by atoms with van der Waals surface area (Å²) in [5.41, 5.74) is 1.91. The van der Waals surface area contributed by atoms with Crippen LogP contribution in [0.2, 0.25) is 0 Å². The number of aliphatic imine (C=N–C) groups is 1. The third-order valence-electron chi connectivity index (χ3n) is 6.18. The summed E-state index contributed by atoms with van der Waals surface area (Å²) >= 11 is 0. The van der Waals surface area contributed by atoms with E-state index in [-0.39, 0.29) is 41.7 Å². The van der Waals surface area contributed by atoms with Gasteiger partial charge in [0.05, 0.1) is 6.26 Å². The Morgan fingerprint density at radius 2 is 1.79 bits per heavy atom. The van der Waals surface area contributed by atoms with E-state index >= 15 is 0 Å². The number of nitrogens with one attached hydrogen (secondary N) is 2. The minimum absolute atomic E-state index is 0. The average molecular weight is 565 g/mol. The number of rotatable bonds is 5. The van der Waals surface area contributed by atoms with Crippen molar-refractivity contribution in [2.45, 2.75) is 32.2 Å². The minimum atomic E-state index is -0.0749. The Hall–Kier alpha value is -2.56. The summed E-state index contributed by atoms with van der Waals surface area (Å²) in [5, 5.41) is 6.47. The van der Waals surface area contributed by atoms with Crippen LogP contribution in [-0.4, -0.2) is 60.8 Å². The SMILES string of the molecule is CN=C(NCc1cccc(NC(=O)C2CCCC2)c1)N1CCN(C(=O)c2ccco2)CC1.I. The van der Waals surface area contributed by atoms with Crippen molar-refractivity contribution in [1.29, 1.82) is 0 Å². The van der Waals surface area contributed by atoms with Crippen molar-refractivity contribution in [3.8, 4) is 0 Å². The van der Waals surface area contributed by atoms with E-state index in [1.54, 1.807) is 24.1 Å². The molecule has 2 aliphatic rings. The number of furan rings is 1. The van der Waals surface area contributed by atoms with Crippen molar-refractivity contribution >= 4 is 47.4 Å². The number of amides is 2. The summed E-state index contributed by atoms with van der Waals surface area (Å²) in [6.07, 6.45) is 5.79. The van der Waals surface area contributed by atoms with Gasteiger partial charge in [-0.1, -0.05) is 25.0 Å². The lowest BCUT2D eigenvalue weighted by molar-refractivity contribution is -0.119. The highest BCUT2D eigenvalue weighted by Gasteiger charge is 2.25. The maximum Gasteiger partial charge on any atom is 0.289 e. The lowest BCUT2D eigenvalue weighted by Gasteiger charge is -2.36. The third-order valence-corrected chi connectivity index (χ3v) is 6.18. The molecular formula is C24H32IN5O3. The number of piperazine rings is 1. The smallest absolute Gasteiger partial charge is 0.289 e. The van der Waals surface area contributed by atoms with Gasteiger partial charge < -0.3 is 24.9 Å². The number of carbonyl (C=O) groups is 2. The molecule has 0 radical (unpaired) electrons. The standard InChI is InChI=1S/C24H31N5O3.HI/c1-25-24(29-13-11-28(12-14-29)23(31)21-10-5-15-32-21)26-17-18-6-4-9-20(16-18)27-22(30)19-7-2-3-8-19;/h4-6,9-10,15-16,19H,2-3,7-8,11-14,17H2,1H3,(H,25,26)(H,27,30);1H. The van der Waals surface area contributed by atoms with Crippen LogP contribution < -0.4 is 10.6 Å². The van der Waals surface area contributed by atoms with Crippen molar-refractivity contribution in [1.82, 2.24) is 15.1 Å². The summed E-state index contributed by atoms with van der Waals surface area (Å²) in [7, 11) is 1.76. The fraction of sp³-hybridized carbons (Fsp3) is 0.458. The Morgan fingerprint density at radius 1 is 1.06 bits per heavy atom. The third kappa shape index (κ3) is 6.49. The molecule has 4 rings (SSSR count). The van der Waals surface area contributed by atoms with E-state index in [1.165, 1.54) is 6.26 Å². The Bertz CT molecular complexity index is 949. The van der Waals surface area contributed by atoms with E-state index in [4.69, 9.17) is 4.42 Å². The first kappa shape index (κ1) is 25.1. The van der Waals surface area contributed by atoms with Crippen LogP contribution in [0.15, 0.2) is 52.1 Å². The van der Waals surface area contributed by atoms with Crippen molar-refractivity contribution in [3.05, 3.63) is 54.0 Å². The molecule has 1 saturated heterocycles. The number of benzene rings is 1. The Labute approximate surface area is 211 Å². The summed E-state index contributed by atoms with van der Waals surface area (Å²) in [4.78, 5) is 33.2. The zero-order valence-corrected chi connectivity index (χ0v) is 21.3. The van der Waals surface area contributed by atoms with E-state index in [9.17, 15) is 9.59 Å². The Balaban J connectivity index is 0.00000306. The zero-order chi connectivity index (χ0) is 22.3. The molecule has 0 bridgehead atoms. The number of halogens is 1. The van der Waals surface area contributed by atoms with Crippen LogP contribution in [0.25, 0.3) is 0 Å². The maximum absolute atomic E-state index is 12.4. The highest BCUT2D eigenvalue weighted by atomic mass is 127. The molecule has 0 spiro atoms. The molecule has 1 aromatic carbocycles. The maximum atomic E-state index is 12.4. The molecule has 1 aliphatic heterocycles. The van der Waals surface area contributed by atoms with Gasteiger partial charge in [-0.3, -0.25) is 14.6 Å². The second kappa shape index (κ2) is 12.1. The molecule has 178 valence electrons. The van der Waals surface area contributed by atoms with Crippen LogP contribution in [0, 0.1) is 5.92 Å². The number of carbonyl (C=O) groups excluding carboxylic acids is 2. The van der Waals surface area contributed by atoms with Crippen LogP contribution in [0.1, 0.15) is 41.8 Å². The Kier molecular flexibility index (Phi) is 9.16. The molecule has 0 atom stereocenters. The van der Waals surface area contributed by atoms with Gasteiger partial charge in [0.1, 0.15) is 0 Å². The summed E-state index contributed by atoms with van der Waals surface area (Å²) in [6.45, 7) is 3.23. The number of hydrogen-bond donors (Lipinski definition) is 2. The first-order valence-corrected chi connectivity index (χ1v) is 11.3. The van der Waals surface area contributed by atoms with Gasteiger partial charge in [0.25, 0.3) is 5.91 Å². The van der Waals surface area contributed by atoms with E-state index in [0.717, 1.165) is 42.9 Å². The highest BCUT2D eigenvalue weighted by molar-refractivity contribution is 14.0. The molecule has 2 aromatic rings. The normalized spacial score (nSPS) is 16.9. The van der Waals surface area contributed by atoms with Crippen LogP contribution >= 0.6 is 24.0 Å². The molecule has 8 nitrogen and oxygen atoms in total. The molecule has 1 saturated carbocycles. The van der Waals surface area contributed by atoms with E-state index in [2.05, 4.69) is 20.5 Å². The minimum Gasteiger partial charge on any atom is -0.459 e. The number of anilines is 1. The number of guanidine groups is 1. The average Bonchev–Trinajstić information content (AvgIpc) is 3.54. The zero-order valence-electron chi connectivity index (χ0n) is 19.0. The molecule has 0 unspecified atom stereocenters. The fourth-order valence-corrected chi connectivity index (χ4v) is 4.38. The lowest BCUT2D eigenvalue weighted by atomic mass is 10.1. The lowest BCUT2D eigenvalue weighted by Crippen LogP contribution is -2.53. The second-order valence-electron chi connectivity index (χ2n) is 8.33. The predicted octanol–water partition coefficient (Wildman–Crippen LogP) is 3.56. The van der Waals surface area contributed by atoms with Gasteiger partial charge in [-0.25, -0.2) is 0 Å². The number of nitrogens with zero attached hydrogens (tertiary/aromatic N) is 3. The van der Waals surface area contributed by atoms with Gasteiger partial charge in [0, 0.05) is 51.4 Å². The largest absolute Gasteiger partial charge is 0.459 e. The van der Waals surface area contributed by atoms with E-state index in [0.29, 0.717) is 38.5 Å². The summed E-state index contributed by atoms with van der Waals surface area (Å²) < 4.78 is 5.23. The van der Waals surface area contributed by atoms with Gasteiger partial charge in [-0.15, -0.1) is 24.0 Å². The first-order chi connectivity index (χ1) is 15.6. The van der Waals surface area contributed by atoms with Crippen molar-refractivity contribution in [2.24, 2.45) is 10.9 Å². The monoisotopic (exact) mass is 565 g/mol. The van der Waals surface area contributed by atoms with Crippen LogP contribution in [0.5, 0.6) is 0 Å². The Morgan fingerprint density at radius 3 is 2.45 bits per heavy atom. The van der Waals surface area contributed by atoms with E-state index in [1.807, 2.05) is 24.3 Å². The van der Waals surface area contributed by atoms with Crippen LogP contribution in [0.3, 0.4) is 0 Å². The highest BCUT2D eigenvalue weighted by Crippen LogP contribution is 2.26. The molecule has 2 amide bonds. The molecule has 1 aromatic heterocycles. The molecule has 2 heterocycles. The van der Waals surface area contributed by atoms with Crippen molar-refractivity contribution < 1.29 is 14.0 Å². The second-order valence-corrected chi connectivity index (χ2v) is 8.33. The molecule has 9 heteroatoms. The first-order valence-electron chi connectivity index (χ1n) is 11.3. The van der Waals surface area contributed by atoms with Gasteiger partial charge >= 0.3 is 0 Å². The van der Waals surface area contributed by atoms with Crippen molar-refractivity contribution in [3.63, 3.8) is 0 Å². The topological polar surface area (TPSA) is 90.2 Å². The van der Waals surface area contributed by atoms with E-state index < -0.39 is 0 Å². The fourth-order valence-electron chi connectivity index (χ4n) is 4.38. The number of hydrogen-bond acceptors (Lipinski definition) is 4. The molecule has 2 fully saturated rings. The predicted molar refractivity (Wildman–Crippen MR) is 139 cm³/mol. The molecular weight excluding hydrogens is 533 g/mol. The van der Waals surface area contributed by atoms with Crippen molar-refractivity contribution in [2.75, 3.05) is 38.5 Å². The molecule has 2 N–H and O–H groups in total. The van der Waals surface area contributed by atoms with Gasteiger partial charge in [-0.05, 0) is 42.7 Å². The summed E-state index contributed by atoms with van der Waals surface area (Å²) in [6, 6.07) is 11.4. The summed E-state index contributed by atoms with van der Waals surface area (Å²) in [5.74, 6) is 1.38.